The fraction of sp³-hybridized carbons (Fsp3) is 0.222. The summed E-state index contributed by atoms with van der Waals surface area (Å²) in [5, 5.41) is 5.51. The Morgan fingerprint density at radius 3 is 2.56 bits per heavy atom. The van der Waals surface area contributed by atoms with Crippen LogP contribution < -0.4 is 20.1 Å². The van der Waals surface area contributed by atoms with E-state index in [9.17, 15) is 14.0 Å². The van der Waals surface area contributed by atoms with E-state index in [0.717, 1.165) is 11.1 Å². The minimum absolute atomic E-state index is 0.000950. The Bertz CT molecular complexity index is 1760. The lowest BCUT2D eigenvalue weighted by Crippen LogP contribution is -2.25. The molecule has 0 aliphatic rings. The van der Waals surface area contributed by atoms with Gasteiger partial charge >= 0.3 is 6.09 Å². The third-order valence-electron chi connectivity index (χ3n) is 5.76. The second-order valence-corrected chi connectivity index (χ2v) is 9.92. The molecule has 5 rings (SSSR count). The van der Waals surface area contributed by atoms with Crippen molar-refractivity contribution in [3.8, 4) is 22.2 Å². The maximum Gasteiger partial charge on any atom is 0.411 e. The highest BCUT2D eigenvalue weighted by Crippen LogP contribution is 2.37. The van der Waals surface area contributed by atoms with E-state index in [2.05, 4.69) is 35.6 Å². The largest absolute Gasteiger partial charge is 0.484 e. The topological polar surface area (TPSA) is 150 Å². The molecule has 2 amide bonds. The van der Waals surface area contributed by atoms with Gasteiger partial charge in [-0.2, -0.15) is 0 Å². The summed E-state index contributed by atoms with van der Waals surface area (Å²) in [4.78, 5) is 45.0. The van der Waals surface area contributed by atoms with Gasteiger partial charge in [0, 0.05) is 24.7 Å². The number of halogens is 1. The number of nitrogens with zero attached hydrogens (tertiary/aromatic N) is 5. The van der Waals surface area contributed by atoms with Crippen LogP contribution in [0.2, 0.25) is 0 Å². The first kappa shape index (κ1) is 27.6. The molecule has 12 nitrogen and oxygen atoms in total. The summed E-state index contributed by atoms with van der Waals surface area (Å²) in [6.07, 6.45) is 2.63. The maximum absolute atomic E-state index is 14.9. The lowest BCUT2D eigenvalue weighted by molar-refractivity contribution is 0.0952. The first-order valence-corrected chi connectivity index (χ1v) is 13.1. The average Bonchev–Trinajstić information content (AvgIpc) is 3.37. The molecule has 0 saturated carbocycles. The van der Waals surface area contributed by atoms with Crippen LogP contribution in [0.15, 0.2) is 42.9 Å². The van der Waals surface area contributed by atoms with Crippen LogP contribution >= 0.6 is 11.3 Å². The minimum atomic E-state index is -0.786. The standard InChI is InChI=1S/C27H24FN7O5S/c1-13-5-16(23-19(6-13)34-22(38-4)11-30-23)26-35-18-7-17(28)20(8-21(18)41-26)40-14(2)12-39-27(37)33-15-9-31-24(32-10-15)25(36)29-3/h5-11,14H,12H2,1-4H3,(H,29,36)(H,33,37)/t14-/m0/s1. The quantitative estimate of drug-likeness (QED) is 0.269. The van der Waals surface area contributed by atoms with E-state index in [-0.39, 0.29) is 23.9 Å². The molecule has 0 aliphatic heterocycles. The molecule has 0 aliphatic carbocycles. The van der Waals surface area contributed by atoms with Crippen LogP contribution in [0.4, 0.5) is 14.9 Å². The van der Waals surface area contributed by atoms with E-state index in [1.165, 1.54) is 44.0 Å². The highest BCUT2D eigenvalue weighted by atomic mass is 32.1. The van der Waals surface area contributed by atoms with Gasteiger partial charge < -0.3 is 19.5 Å². The summed E-state index contributed by atoms with van der Waals surface area (Å²) in [5.74, 6) is -0.687. The van der Waals surface area contributed by atoms with Gasteiger partial charge in [-0.3, -0.25) is 10.1 Å². The van der Waals surface area contributed by atoms with Crippen LogP contribution in [-0.4, -0.2) is 63.8 Å². The number of ether oxygens (including phenoxy) is 3. The van der Waals surface area contributed by atoms with E-state index >= 15 is 0 Å². The molecular weight excluding hydrogens is 553 g/mol. The number of anilines is 1. The molecule has 41 heavy (non-hydrogen) atoms. The molecule has 0 saturated heterocycles. The third-order valence-corrected chi connectivity index (χ3v) is 6.81. The Kier molecular flexibility index (Phi) is 7.83. The van der Waals surface area contributed by atoms with Crippen molar-refractivity contribution in [3.63, 3.8) is 0 Å². The average molecular weight is 578 g/mol. The first-order chi connectivity index (χ1) is 19.7. The van der Waals surface area contributed by atoms with Crippen molar-refractivity contribution in [2.75, 3.05) is 26.1 Å². The molecule has 2 aromatic carbocycles. The zero-order chi connectivity index (χ0) is 29.1. The molecule has 3 heterocycles. The molecule has 2 N–H and O–H groups in total. The van der Waals surface area contributed by atoms with E-state index < -0.39 is 23.9 Å². The van der Waals surface area contributed by atoms with Crippen LogP contribution in [0.25, 0.3) is 31.8 Å². The molecule has 14 heteroatoms. The maximum atomic E-state index is 14.9. The summed E-state index contributed by atoms with van der Waals surface area (Å²) in [7, 11) is 2.99. The second-order valence-electron chi connectivity index (χ2n) is 8.89. The van der Waals surface area contributed by atoms with Gasteiger partial charge in [0.15, 0.2) is 11.6 Å². The van der Waals surface area contributed by atoms with Crippen LogP contribution in [0.1, 0.15) is 23.1 Å². The Morgan fingerprint density at radius 2 is 1.83 bits per heavy atom. The third kappa shape index (κ3) is 6.11. The Balaban J connectivity index is 1.27. The van der Waals surface area contributed by atoms with Crippen LogP contribution in [0.5, 0.6) is 11.6 Å². The molecule has 0 bridgehead atoms. The van der Waals surface area contributed by atoms with Crippen molar-refractivity contribution in [2.45, 2.75) is 20.0 Å². The van der Waals surface area contributed by atoms with Gasteiger partial charge in [-0.05, 0) is 31.5 Å². The van der Waals surface area contributed by atoms with Gasteiger partial charge in [0.05, 0.1) is 52.6 Å². The SMILES string of the molecule is CNC(=O)c1ncc(NC(=O)OC[C@H](C)Oc2cc3sc(-c4cc(C)cc5nc(OC)cnc45)nc3cc2F)cn1. The Hall–Kier alpha value is -4.98. The molecule has 1 atom stereocenters. The number of methoxy groups -OCH3 is 1. The number of aryl methyl sites for hydroxylation is 1. The van der Waals surface area contributed by atoms with Crippen LogP contribution in [-0.2, 0) is 4.74 Å². The Labute approximate surface area is 236 Å². The van der Waals surface area contributed by atoms with Gasteiger partial charge in [0.2, 0.25) is 11.7 Å². The number of aromatic nitrogens is 5. The number of thiazole rings is 1. The smallest absolute Gasteiger partial charge is 0.411 e. The number of nitrogens with one attached hydrogen (secondary N) is 2. The number of carbonyl (C=O) groups is 2. The molecular formula is C27H24FN7O5S. The van der Waals surface area contributed by atoms with Crippen molar-refractivity contribution >= 4 is 50.3 Å². The summed E-state index contributed by atoms with van der Waals surface area (Å²) in [6.45, 7) is 3.43. The molecule has 0 radical (unpaired) electrons. The highest BCUT2D eigenvalue weighted by molar-refractivity contribution is 7.21. The number of benzene rings is 2. The van der Waals surface area contributed by atoms with Gasteiger partial charge in [-0.25, -0.2) is 34.1 Å². The number of rotatable bonds is 8. The minimum Gasteiger partial charge on any atom is -0.484 e. The van der Waals surface area contributed by atoms with Crippen LogP contribution in [0.3, 0.4) is 0 Å². The van der Waals surface area contributed by atoms with Crippen LogP contribution in [0, 0.1) is 12.7 Å². The van der Waals surface area contributed by atoms with E-state index in [4.69, 9.17) is 14.2 Å². The monoisotopic (exact) mass is 577 g/mol. The predicted molar refractivity (Wildman–Crippen MR) is 150 cm³/mol. The van der Waals surface area contributed by atoms with Crippen molar-refractivity contribution in [3.05, 3.63) is 60.1 Å². The van der Waals surface area contributed by atoms with Crippen molar-refractivity contribution < 1.29 is 28.2 Å². The summed E-state index contributed by atoms with van der Waals surface area (Å²) < 4.78 is 31.7. The number of hydrogen-bond acceptors (Lipinski definition) is 11. The van der Waals surface area contributed by atoms with Gasteiger partial charge in [0.1, 0.15) is 17.7 Å². The number of carbonyl (C=O) groups excluding carboxylic acids is 2. The summed E-state index contributed by atoms with van der Waals surface area (Å²) >= 11 is 1.37. The molecule has 0 spiro atoms. The molecule has 0 unspecified atom stereocenters. The molecule has 0 fully saturated rings. The number of hydrogen-bond donors (Lipinski definition) is 2. The van der Waals surface area contributed by atoms with Crippen molar-refractivity contribution in [2.24, 2.45) is 0 Å². The van der Waals surface area contributed by atoms with Crippen molar-refractivity contribution in [1.29, 1.82) is 0 Å². The van der Waals surface area contributed by atoms with E-state index in [1.54, 1.807) is 19.2 Å². The second kappa shape index (κ2) is 11.6. The molecule has 5 aromatic rings. The highest BCUT2D eigenvalue weighted by Gasteiger charge is 2.18. The lowest BCUT2D eigenvalue weighted by atomic mass is 10.1. The molecule has 210 valence electrons. The first-order valence-electron chi connectivity index (χ1n) is 12.3. The van der Waals surface area contributed by atoms with E-state index in [0.29, 0.717) is 32.1 Å². The van der Waals surface area contributed by atoms with Gasteiger partial charge in [-0.15, -0.1) is 11.3 Å². The normalized spacial score (nSPS) is 11.7. The molecule has 3 aromatic heterocycles. The number of amides is 2. The zero-order valence-electron chi connectivity index (χ0n) is 22.4. The summed E-state index contributed by atoms with van der Waals surface area (Å²) in [5.41, 5.74) is 3.78. The fourth-order valence-electron chi connectivity index (χ4n) is 3.86. The van der Waals surface area contributed by atoms with Gasteiger partial charge in [0.25, 0.3) is 5.91 Å². The fourth-order valence-corrected chi connectivity index (χ4v) is 4.86. The lowest BCUT2D eigenvalue weighted by Gasteiger charge is -2.15. The zero-order valence-corrected chi connectivity index (χ0v) is 23.2. The predicted octanol–water partition coefficient (Wildman–Crippen LogP) is 4.53. The Morgan fingerprint density at radius 1 is 1.05 bits per heavy atom. The summed E-state index contributed by atoms with van der Waals surface area (Å²) in [6, 6.07) is 6.75. The van der Waals surface area contributed by atoms with E-state index in [1.807, 2.05) is 19.1 Å². The number of fused-ring (bicyclic) bond motifs is 2. The van der Waals surface area contributed by atoms with Crippen molar-refractivity contribution in [1.82, 2.24) is 30.2 Å². The van der Waals surface area contributed by atoms with Gasteiger partial charge in [-0.1, -0.05) is 0 Å².